The molecule has 2 aliphatic rings. The van der Waals surface area contributed by atoms with Gasteiger partial charge in [-0.25, -0.2) is 0 Å². The molecule has 4 amide bonds. The minimum absolute atomic E-state index is 0.0843. The lowest BCUT2D eigenvalue weighted by Gasteiger charge is -2.27. The number of nitrogens with one attached hydrogen (secondary N) is 2. The molecule has 3 rings (SSSR count). The van der Waals surface area contributed by atoms with E-state index in [0.29, 0.717) is 38.7 Å². The van der Waals surface area contributed by atoms with Gasteiger partial charge >= 0.3 is 0 Å². The molecule has 9 heteroatoms. The highest BCUT2D eigenvalue weighted by Gasteiger charge is 2.45. The Morgan fingerprint density at radius 1 is 1.13 bits per heavy atom. The molecule has 0 radical (unpaired) electrons. The lowest BCUT2D eigenvalue weighted by Crippen LogP contribution is -2.54. The lowest BCUT2D eigenvalue weighted by molar-refractivity contribution is -0.136. The minimum Gasteiger partial charge on any atom is -0.382 e. The third kappa shape index (κ3) is 4.67. The highest BCUT2D eigenvalue weighted by atomic mass is 16.5. The first-order valence-electron chi connectivity index (χ1n) is 9.68. The van der Waals surface area contributed by atoms with Gasteiger partial charge in [-0.15, -0.1) is 5.92 Å². The molecule has 1 atom stereocenters. The zero-order chi connectivity index (χ0) is 21.5. The van der Waals surface area contributed by atoms with Crippen LogP contribution in [0.4, 0.5) is 5.69 Å². The first kappa shape index (κ1) is 21.5. The zero-order valence-electron chi connectivity index (χ0n) is 16.7. The summed E-state index contributed by atoms with van der Waals surface area (Å²) in [5.41, 5.74) is 0.966. The Kier molecular flexibility index (Phi) is 7.17. The number of nitrogens with zero attached hydrogens (tertiary/aromatic N) is 1. The summed E-state index contributed by atoms with van der Waals surface area (Å²) in [5.74, 6) is 3.42. The summed E-state index contributed by atoms with van der Waals surface area (Å²) < 4.78 is 10.7. The third-order valence-corrected chi connectivity index (χ3v) is 4.75. The van der Waals surface area contributed by atoms with Gasteiger partial charge in [-0.05, 0) is 25.5 Å². The van der Waals surface area contributed by atoms with Gasteiger partial charge in [0, 0.05) is 18.7 Å². The standard InChI is InChI=1S/C21H23N3O6/c1-2-3-10-29-12-13-30-11-9-22-15-6-4-5-14-18(15)21(28)24(20(14)27)16-7-8-17(25)23-19(16)26/h4-6,16,22H,7-13H2,1H3,(H,23,25,26). The molecule has 1 saturated heterocycles. The molecule has 0 bridgehead atoms. The van der Waals surface area contributed by atoms with E-state index in [2.05, 4.69) is 22.5 Å². The molecule has 1 fully saturated rings. The molecule has 0 aliphatic carbocycles. The summed E-state index contributed by atoms with van der Waals surface area (Å²) in [6.45, 7) is 3.77. The van der Waals surface area contributed by atoms with Crippen LogP contribution in [-0.4, -0.2) is 67.5 Å². The Morgan fingerprint density at radius 2 is 1.93 bits per heavy atom. The van der Waals surface area contributed by atoms with Crippen molar-refractivity contribution in [2.24, 2.45) is 0 Å². The maximum absolute atomic E-state index is 13.0. The van der Waals surface area contributed by atoms with Gasteiger partial charge in [0.05, 0.1) is 30.9 Å². The largest absolute Gasteiger partial charge is 0.382 e. The van der Waals surface area contributed by atoms with E-state index >= 15 is 0 Å². The van der Waals surface area contributed by atoms with E-state index in [9.17, 15) is 19.2 Å². The van der Waals surface area contributed by atoms with Crippen molar-refractivity contribution in [3.05, 3.63) is 29.3 Å². The van der Waals surface area contributed by atoms with Crippen molar-refractivity contribution in [3.8, 4) is 11.8 Å². The zero-order valence-corrected chi connectivity index (χ0v) is 16.7. The molecular weight excluding hydrogens is 390 g/mol. The van der Waals surface area contributed by atoms with Gasteiger partial charge in [0.1, 0.15) is 12.6 Å². The van der Waals surface area contributed by atoms with E-state index in [1.165, 1.54) is 0 Å². The molecule has 0 saturated carbocycles. The van der Waals surface area contributed by atoms with Crippen molar-refractivity contribution in [2.45, 2.75) is 25.8 Å². The molecular formula is C21H23N3O6. The fourth-order valence-electron chi connectivity index (χ4n) is 3.34. The Bertz CT molecular complexity index is 917. The first-order chi connectivity index (χ1) is 14.5. The number of imide groups is 2. The number of carbonyl (C=O) groups excluding carboxylic acids is 4. The number of piperidine rings is 1. The molecule has 0 spiro atoms. The highest BCUT2D eigenvalue weighted by molar-refractivity contribution is 6.25. The van der Waals surface area contributed by atoms with Gasteiger partial charge < -0.3 is 14.8 Å². The molecule has 1 aromatic rings. The monoisotopic (exact) mass is 413 g/mol. The molecule has 9 nitrogen and oxygen atoms in total. The smallest absolute Gasteiger partial charge is 0.264 e. The Labute approximate surface area is 174 Å². The van der Waals surface area contributed by atoms with Gasteiger partial charge in [0.15, 0.2) is 0 Å². The van der Waals surface area contributed by atoms with Crippen molar-refractivity contribution in [1.82, 2.24) is 10.2 Å². The second-order valence-electron chi connectivity index (χ2n) is 6.69. The quantitative estimate of drug-likeness (QED) is 0.345. The average Bonchev–Trinajstić information content (AvgIpc) is 2.98. The third-order valence-electron chi connectivity index (χ3n) is 4.75. The summed E-state index contributed by atoms with van der Waals surface area (Å²) in [7, 11) is 0. The van der Waals surface area contributed by atoms with Gasteiger partial charge in [-0.3, -0.25) is 29.4 Å². The van der Waals surface area contributed by atoms with Gasteiger partial charge in [0.2, 0.25) is 11.8 Å². The van der Waals surface area contributed by atoms with Crippen LogP contribution in [0.5, 0.6) is 0 Å². The van der Waals surface area contributed by atoms with Crippen molar-refractivity contribution < 1.29 is 28.7 Å². The number of carbonyl (C=O) groups is 4. The predicted octanol–water partition coefficient (Wildman–Crippen LogP) is 0.556. The molecule has 2 aliphatic heterocycles. The highest BCUT2D eigenvalue weighted by Crippen LogP contribution is 2.32. The Hall–Kier alpha value is -3.22. The van der Waals surface area contributed by atoms with Crippen LogP contribution in [0.1, 0.15) is 40.5 Å². The van der Waals surface area contributed by atoms with Crippen LogP contribution in [-0.2, 0) is 19.1 Å². The van der Waals surface area contributed by atoms with Gasteiger partial charge in [-0.1, -0.05) is 12.0 Å². The molecule has 0 aromatic heterocycles. The van der Waals surface area contributed by atoms with Crippen molar-refractivity contribution in [3.63, 3.8) is 0 Å². The normalized spacial score (nSPS) is 18.0. The number of fused-ring (bicyclic) bond motifs is 1. The predicted molar refractivity (Wildman–Crippen MR) is 107 cm³/mol. The molecule has 2 N–H and O–H groups in total. The van der Waals surface area contributed by atoms with Crippen molar-refractivity contribution in [1.29, 1.82) is 0 Å². The van der Waals surface area contributed by atoms with E-state index in [1.807, 2.05) is 0 Å². The number of hydrogen-bond donors (Lipinski definition) is 2. The Morgan fingerprint density at radius 3 is 2.70 bits per heavy atom. The summed E-state index contributed by atoms with van der Waals surface area (Å²) in [6, 6.07) is 3.94. The van der Waals surface area contributed by atoms with Crippen LogP contribution >= 0.6 is 0 Å². The maximum Gasteiger partial charge on any atom is 0.264 e. The second kappa shape index (κ2) is 10.0. The minimum atomic E-state index is -0.983. The number of amides is 4. The van der Waals surface area contributed by atoms with Crippen molar-refractivity contribution >= 4 is 29.3 Å². The number of hydrogen-bond acceptors (Lipinski definition) is 7. The second-order valence-corrected chi connectivity index (χ2v) is 6.69. The van der Waals surface area contributed by atoms with E-state index in [0.717, 1.165) is 4.90 Å². The van der Waals surface area contributed by atoms with Crippen LogP contribution < -0.4 is 10.6 Å². The van der Waals surface area contributed by atoms with E-state index < -0.39 is 29.7 Å². The summed E-state index contributed by atoms with van der Waals surface area (Å²) in [6.07, 6.45) is 0.208. The molecule has 1 unspecified atom stereocenters. The van der Waals surface area contributed by atoms with Crippen molar-refractivity contribution in [2.75, 3.05) is 38.3 Å². The van der Waals surface area contributed by atoms with E-state index in [1.54, 1.807) is 25.1 Å². The molecule has 30 heavy (non-hydrogen) atoms. The SMILES string of the molecule is CC#CCOCCOCCNc1cccc2c1C(=O)N(C1CCC(=O)NC1=O)C2=O. The van der Waals surface area contributed by atoms with E-state index in [-0.39, 0.29) is 24.0 Å². The number of ether oxygens (including phenoxy) is 2. The average molecular weight is 413 g/mol. The Balaban J connectivity index is 1.58. The number of benzene rings is 1. The maximum atomic E-state index is 13.0. The van der Waals surface area contributed by atoms with Crippen LogP contribution in [0.3, 0.4) is 0 Å². The van der Waals surface area contributed by atoms with Crippen LogP contribution in [0.2, 0.25) is 0 Å². The summed E-state index contributed by atoms with van der Waals surface area (Å²) >= 11 is 0. The lowest BCUT2D eigenvalue weighted by atomic mass is 10.0. The summed E-state index contributed by atoms with van der Waals surface area (Å²) in [5, 5.41) is 5.29. The first-order valence-corrected chi connectivity index (χ1v) is 9.68. The van der Waals surface area contributed by atoms with Gasteiger partial charge in [0.25, 0.3) is 11.8 Å². The van der Waals surface area contributed by atoms with Crippen LogP contribution in [0.15, 0.2) is 18.2 Å². The number of rotatable bonds is 9. The van der Waals surface area contributed by atoms with E-state index in [4.69, 9.17) is 9.47 Å². The van der Waals surface area contributed by atoms with Gasteiger partial charge in [-0.2, -0.15) is 0 Å². The topological polar surface area (TPSA) is 114 Å². The molecule has 2 heterocycles. The molecule has 158 valence electrons. The fraction of sp³-hybridized carbons (Fsp3) is 0.429. The van der Waals surface area contributed by atoms with Crippen LogP contribution in [0.25, 0.3) is 0 Å². The summed E-state index contributed by atoms with van der Waals surface area (Å²) in [4.78, 5) is 50.2. The molecule has 1 aromatic carbocycles. The fourth-order valence-corrected chi connectivity index (χ4v) is 3.34. The number of anilines is 1. The van der Waals surface area contributed by atoms with Crippen LogP contribution in [0, 0.1) is 11.8 Å².